The van der Waals surface area contributed by atoms with Gasteiger partial charge in [-0.2, -0.15) is 0 Å². The molecule has 0 amide bonds. The van der Waals surface area contributed by atoms with Crippen molar-refractivity contribution in [2.45, 2.75) is 31.7 Å². The summed E-state index contributed by atoms with van der Waals surface area (Å²) in [6, 6.07) is 16.9. The average Bonchev–Trinajstić information content (AvgIpc) is 2.66. The zero-order chi connectivity index (χ0) is 17.6. The molecule has 4 nitrogen and oxygen atoms in total. The second-order valence-corrected chi connectivity index (χ2v) is 6.72. The third kappa shape index (κ3) is 4.45. The van der Waals surface area contributed by atoms with Crippen LogP contribution in [0.15, 0.2) is 48.5 Å². The van der Waals surface area contributed by atoms with Crippen LogP contribution in [-0.2, 0) is 0 Å². The van der Waals surface area contributed by atoms with Crippen molar-refractivity contribution in [1.29, 1.82) is 0 Å². The van der Waals surface area contributed by atoms with Crippen molar-refractivity contribution in [3.05, 3.63) is 54.1 Å². The third-order valence-electron chi connectivity index (χ3n) is 4.72. The van der Waals surface area contributed by atoms with Crippen molar-refractivity contribution in [2.75, 3.05) is 31.7 Å². The van der Waals surface area contributed by atoms with E-state index in [-0.39, 0.29) is 6.04 Å². The molecule has 1 aliphatic heterocycles. The van der Waals surface area contributed by atoms with Crippen LogP contribution >= 0.6 is 0 Å². The van der Waals surface area contributed by atoms with Gasteiger partial charge in [0.2, 0.25) is 0 Å². The van der Waals surface area contributed by atoms with Crippen molar-refractivity contribution >= 4 is 5.69 Å². The maximum atomic E-state index is 6.36. The molecule has 2 atom stereocenters. The zero-order valence-corrected chi connectivity index (χ0v) is 15.2. The first-order chi connectivity index (χ1) is 12.2. The zero-order valence-electron chi connectivity index (χ0n) is 15.2. The molecule has 3 rings (SSSR count). The number of hydrogen-bond donors (Lipinski definition) is 1. The number of methoxy groups -OCH3 is 1. The van der Waals surface area contributed by atoms with Crippen molar-refractivity contribution < 1.29 is 9.47 Å². The lowest BCUT2D eigenvalue weighted by Gasteiger charge is -2.38. The maximum Gasteiger partial charge on any atom is 0.119 e. The molecule has 0 bridgehead atoms. The number of piperidine rings is 1. The molecule has 1 heterocycles. The van der Waals surface area contributed by atoms with Crippen LogP contribution in [0.5, 0.6) is 11.5 Å². The smallest absolute Gasteiger partial charge is 0.119 e. The molecule has 0 saturated carbocycles. The van der Waals surface area contributed by atoms with Gasteiger partial charge in [0, 0.05) is 30.7 Å². The quantitative estimate of drug-likeness (QED) is 0.869. The highest BCUT2D eigenvalue weighted by Crippen LogP contribution is 2.31. The number of benzene rings is 2. The molecule has 4 heteroatoms. The van der Waals surface area contributed by atoms with Gasteiger partial charge in [-0.3, -0.25) is 0 Å². The topological polar surface area (TPSA) is 47.7 Å². The molecule has 2 aromatic carbocycles. The summed E-state index contributed by atoms with van der Waals surface area (Å²) in [7, 11) is 1.71. The second-order valence-electron chi connectivity index (χ2n) is 6.72. The predicted molar refractivity (Wildman–Crippen MR) is 103 cm³/mol. The number of nitrogens with two attached hydrogens (primary N) is 1. The van der Waals surface area contributed by atoms with Gasteiger partial charge in [0.05, 0.1) is 13.7 Å². The van der Waals surface area contributed by atoms with Gasteiger partial charge in [-0.1, -0.05) is 19.1 Å². The SMILES string of the molecule is CCCOc1ccc(N2CC(N)CC(c3cccc(OC)c3)C2)cc1. The molecular weight excluding hydrogens is 312 g/mol. The van der Waals surface area contributed by atoms with Gasteiger partial charge in [0.1, 0.15) is 11.5 Å². The Labute approximate surface area is 150 Å². The Morgan fingerprint density at radius 3 is 2.60 bits per heavy atom. The van der Waals surface area contributed by atoms with Crippen LogP contribution in [0.4, 0.5) is 5.69 Å². The second kappa shape index (κ2) is 8.26. The summed E-state index contributed by atoms with van der Waals surface area (Å²) < 4.78 is 11.0. The standard InChI is InChI=1S/C21H28N2O2/c1-3-11-25-20-9-7-19(8-10-20)23-14-17(12-18(22)15-23)16-5-4-6-21(13-16)24-2/h4-10,13,17-18H,3,11-12,14-15,22H2,1-2H3. The third-order valence-corrected chi connectivity index (χ3v) is 4.72. The van der Waals surface area contributed by atoms with Crippen molar-refractivity contribution in [2.24, 2.45) is 5.73 Å². The van der Waals surface area contributed by atoms with Crippen LogP contribution in [0, 0.1) is 0 Å². The van der Waals surface area contributed by atoms with Crippen LogP contribution in [0.25, 0.3) is 0 Å². The van der Waals surface area contributed by atoms with Crippen molar-refractivity contribution in [3.63, 3.8) is 0 Å². The van der Waals surface area contributed by atoms with E-state index in [2.05, 4.69) is 42.2 Å². The molecule has 0 aliphatic carbocycles. The molecule has 0 aromatic heterocycles. The highest BCUT2D eigenvalue weighted by molar-refractivity contribution is 5.50. The number of nitrogens with zero attached hydrogens (tertiary/aromatic N) is 1. The van der Waals surface area contributed by atoms with Crippen LogP contribution in [0.3, 0.4) is 0 Å². The summed E-state index contributed by atoms with van der Waals surface area (Å²) >= 11 is 0. The number of rotatable bonds is 6. The Morgan fingerprint density at radius 1 is 1.08 bits per heavy atom. The first kappa shape index (κ1) is 17.6. The normalized spacial score (nSPS) is 20.4. The van der Waals surface area contributed by atoms with Crippen molar-refractivity contribution in [1.82, 2.24) is 0 Å². The highest BCUT2D eigenvalue weighted by Gasteiger charge is 2.26. The molecule has 25 heavy (non-hydrogen) atoms. The number of ether oxygens (including phenoxy) is 2. The van der Waals surface area contributed by atoms with Gasteiger partial charge in [-0.25, -0.2) is 0 Å². The van der Waals surface area contributed by atoms with Crippen LogP contribution < -0.4 is 20.1 Å². The molecule has 2 aromatic rings. The highest BCUT2D eigenvalue weighted by atomic mass is 16.5. The summed E-state index contributed by atoms with van der Waals surface area (Å²) in [6.45, 7) is 4.72. The average molecular weight is 340 g/mol. The minimum Gasteiger partial charge on any atom is -0.497 e. The lowest BCUT2D eigenvalue weighted by atomic mass is 9.88. The molecule has 1 aliphatic rings. The molecular formula is C21H28N2O2. The Balaban J connectivity index is 1.73. The summed E-state index contributed by atoms with van der Waals surface area (Å²) in [4.78, 5) is 2.38. The predicted octanol–water partition coefficient (Wildman–Crippen LogP) is 3.81. The summed E-state index contributed by atoms with van der Waals surface area (Å²) in [5.41, 5.74) is 8.85. The lowest BCUT2D eigenvalue weighted by molar-refractivity contribution is 0.317. The molecule has 1 saturated heterocycles. The maximum absolute atomic E-state index is 6.36. The van der Waals surface area contributed by atoms with E-state index >= 15 is 0 Å². The largest absolute Gasteiger partial charge is 0.497 e. The minimum atomic E-state index is 0.168. The minimum absolute atomic E-state index is 0.168. The fourth-order valence-corrected chi connectivity index (χ4v) is 3.46. The Bertz CT molecular complexity index is 672. The van der Waals surface area contributed by atoms with E-state index < -0.39 is 0 Å². The van der Waals surface area contributed by atoms with Gasteiger partial charge in [0.15, 0.2) is 0 Å². The lowest BCUT2D eigenvalue weighted by Crippen LogP contribution is -2.46. The Morgan fingerprint density at radius 2 is 1.88 bits per heavy atom. The van der Waals surface area contributed by atoms with E-state index in [0.717, 1.165) is 44.0 Å². The fraction of sp³-hybridized carbons (Fsp3) is 0.429. The van der Waals surface area contributed by atoms with Crippen LogP contribution in [0.2, 0.25) is 0 Å². The fourth-order valence-electron chi connectivity index (χ4n) is 3.46. The first-order valence-corrected chi connectivity index (χ1v) is 9.07. The number of anilines is 1. The summed E-state index contributed by atoms with van der Waals surface area (Å²) in [5.74, 6) is 2.24. The van der Waals surface area contributed by atoms with E-state index in [1.165, 1.54) is 11.3 Å². The van der Waals surface area contributed by atoms with Crippen LogP contribution in [-0.4, -0.2) is 32.8 Å². The van der Waals surface area contributed by atoms with Gasteiger partial charge < -0.3 is 20.1 Å². The summed E-state index contributed by atoms with van der Waals surface area (Å²) in [6.07, 6.45) is 2.02. The molecule has 2 N–H and O–H groups in total. The van der Waals surface area contributed by atoms with E-state index in [1.807, 2.05) is 18.2 Å². The number of hydrogen-bond acceptors (Lipinski definition) is 4. The van der Waals surface area contributed by atoms with E-state index in [1.54, 1.807) is 7.11 Å². The van der Waals surface area contributed by atoms with E-state index in [0.29, 0.717) is 5.92 Å². The van der Waals surface area contributed by atoms with Crippen molar-refractivity contribution in [3.8, 4) is 11.5 Å². The summed E-state index contributed by atoms with van der Waals surface area (Å²) in [5, 5.41) is 0. The molecule has 0 radical (unpaired) electrons. The van der Waals surface area contributed by atoms with Gasteiger partial charge in [0.25, 0.3) is 0 Å². The molecule has 134 valence electrons. The molecule has 0 spiro atoms. The molecule has 1 fully saturated rings. The Kier molecular flexibility index (Phi) is 5.82. The van der Waals surface area contributed by atoms with Gasteiger partial charge >= 0.3 is 0 Å². The van der Waals surface area contributed by atoms with E-state index in [9.17, 15) is 0 Å². The van der Waals surface area contributed by atoms with Gasteiger partial charge in [-0.15, -0.1) is 0 Å². The van der Waals surface area contributed by atoms with E-state index in [4.69, 9.17) is 15.2 Å². The first-order valence-electron chi connectivity index (χ1n) is 9.07. The Hall–Kier alpha value is -2.20. The monoisotopic (exact) mass is 340 g/mol. The molecule has 2 unspecified atom stereocenters. The van der Waals surface area contributed by atoms with Crippen LogP contribution in [0.1, 0.15) is 31.2 Å². The van der Waals surface area contributed by atoms with Gasteiger partial charge in [-0.05, 0) is 54.8 Å².